The molecule has 7 nitrogen and oxygen atoms in total. The summed E-state index contributed by atoms with van der Waals surface area (Å²) in [5, 5.41) is 9.08. The van der Waals surface area contributed by atoms with Gasteiger partial charge in [-0.1, -0.05) is 20.8 Å². The largest absolute Gasteiger partial charge is 0.463 e. The smallest absolute Gasteiger partial charge is 0.308 e. The molecule has 0 aromatic heterocycles. The van der Waals surface area contributed by atoms with Crippen LogP contribution in [0.5, 0.6) is 0 Å². The van der Waals surface area contributed by atoms with Crippen LogP contribution in [0.15, 0.2) is 0 Å². The van der Waals surface area contributed by atoms with Crippen LogP contribution in [0.1, 0.15) is 67.2 Å². The summed E-state index contributed by atoms with van der Waals surface area (Å²) in [6.45, 7) is 10.4. The third-order valence-corrected chi connectivity index (χ3v) is 4.24. The molecule has 0 heterocycles. The van der Waals surface area contributed by atoms with E-state index in [2.05, 4.69) is 0 Å². The minimum atomic E-state index is -1.06. The van der Waals surface area contributed by atoms with Gasteiger partial charge in [0.05, 0.1) is 24.5 Å². The zero-order valence-corrected chi connectivity index (χ0v) is 16.9. The molecule has 26 heavy (non-hydrogen) atoms. The third-order valence-electron chi connectivity index (χ3n) is 4.24. The fourth-order valence-electron chi connectivity index (χ4n) is 2.10. The third kappa shape index (κ3) is 9.29. The van der Waals surface area contributed by atoms with E-state index in [1.54, 1.807) is 20.8 Å². The number of carbonyl (C=O) groups excluding carboxylic acids is 3. The first kappa shape index (κ1) is 24.5. The van der Waals surface area contributed by atoms with Gasteiger partial charge in [-0.2, -0.15) is 0 Å². The molecule has 0 aromatic rings. The summed E-state index contributed by atoms with van der Waals surface area (Å²) in [7, 11) is 0. The van der Waals surface area contributed by atoms with Crippen LogP contribution in [0.2, 0.25) is 0 Å². The fraction of sp³-hybridized carbons (Fsp3) is 0.842. The van der Waals surface area contributed by atoms with Crippen molar-refractivity contribution in [2.75, 3.05) is 13.2 Å². The summed E-state index contributed by atoms with van der Waals surface area (Å²) >= 11 is 0. The van der Waals surface area contributed by atoms with Gasteiger partial charge in [-0.15, -0.1) is 0 Å². The van der Waals surface area contributed by atoms with Crippen molar-refractivity contribution in [3.63, 3.8) is 0 Å². The van der Waals surface area contributed by atoms with Crippen LogP contribution in [-0.2, 0) is 28.6 Å². The van der Waals surface area contributed by atoms with Gasteiger partial charge in [0.2, 0.25) is 0 Å². The molecule has 0 aliphatic heterocycles. The lowest BCUT2D eigenvalue weighted by molar-refractivity contribution is -0.164. The Bertz CT molecular complexity index is 461. The maximum atomic E-state index is 12.5. The lowest BCUT2D eigenvalue weighted by Gasteiger charge is -2.30. The summed E-state index contributed by atoms with van der Waals surface area (Å²) < 4.78 is 15.9. The molecule has 4 atom stereocenters. The summed E-state index contributed by atoms with van der Waals surface area (Å²) in [5.74, 6) is -1.20. The number of rotatable bonds is 13. The molecule has 0 radical (unpaired) electrons. The lowest BCUT2D eigenvalue weighted by Crippen LogP contribution is -2.42. The monoisotopic (exact) mass is 374 g/mol. The normalized spacial score (nSPS) is 16.9. The minimum absolute atomic E-state index is 0.0115. The average Bonchev–Trinajstić information content (AvgIpc) is 2.61. The van der Waals surface area contributed by atoms with E-state index in [-0.39, 0.29) is 43.7 Å². The van der Waals surface area contributed by atoms with Gasteiger partial charge in [0.15, 0.2) is 5.78 Å². The van der Waals surface area contributed by atoms with Gasteiger partial charge in [0.1, 0.15) is 18.8 Å². The number of ether oxygens (including phenoxy) is 3. The maximum absolute atomic E-state index is 12.5. The number of carbonyl (C=O) groups is 3. The number of esters is 2. The van der Waals surface area contributed by atoms with Crippen molar-refractivity contribution in [2.24, 2.45) is 5.92 Å². The van der Waals surface area contributed by atoms with E-state index in [0.29, 0.717) is 12.8 Å². The Hall–Kier alpha value is -1.47. The Morgan fingerprint density at radius 3 is 2.12 bits per heavy atom. The van der Waals surface area contributed by atoms with Crippen molar-refractivity contribution < 1.29 is 33.7 Å². The van der Waals surface area contributed by atoms with Gasteiger partial charge in [-0.25, -0.2) is 0 Å². The summed E-state index contributed by atoms with van der Waals surface area (Å²) in [6.07, 6.45) is -0.135. The van der Waals surface area contributed by atoms with Crippen LogP contribution in [-0.4, -0.2) is 53.9 Å². The van der Waals surface area contributed by atoms with Crippen LogP contribution in [0.4, 0.5) is 0 Å². The van der Waals surface area contributed by atoms with Crippen molar-refractivity contribution in [1.29, 1.82) is 0 Å². The van der Waals surface area contributed by atoms with E-state index in [1.165, 1.54) is 6.92 Å². The second kappa shape index (κ2) is 12.0. The van der Waals surface area contributed by atoms with Crippen molar-refractivity contribution in [3.05, 3.63) is 0 Å². The minimum Gasteiger partial charge on any atom is -0.463 e. The van der Waals surface area contributed by atoms with Gasteiger partial charge in [0.25, 0.3) is 0 Å². The molecule has 152 valence electrons. The average molecular weight is 374 g/mol. The standard InChI is InChI=1S/C19H34O7/c1-7-13(3)18(23)25-12-15(5)26-19(6,8-2)16(21)9-10-17(22)24-11-14(4)20/h13-15,20H,7-12H2,1-6H3. The molecule has 0 spiro atoms. The first-order valence-corrected chi connectivity index (χ1v) is 9.27. The van der Waals surface area contributed by atoms with Crippen LogP contribution in [0, 0.1) is 5.92 Å². The Morgan fingerprint density at radius 2 is 1.62 bits per heavy atom. The van der Waals surface area contributed by atoms with Crippen LogP contribution < -0.4 is 0 Å². The van der Waals surface area contributed by atoms with E-state index in [4.69, 9.17) is 19.3 Å². The van der Waals surface area contributed by atoms with Crippen molar-refractivity contribution >= 4 is 17.7 Å². The topological polar surface area (TPSA) is 99.1 Å². The molecule has 0 amide bonds. The molecular weight excluding hydrogens is 340 g/mol. The van der Waals surface area contributed by atoms with Crippen molar-refractivity contribution in [3.8, 4) is 0 Å². The molecule has 0 aromatic carbocycles. The Labute approximate surface area is 156 Å². The zero-order valence-electron chi connectivity index (χ0n) is 16.9. The number of aliphatic hydroxyl groups is 1. The molecular formula is C19H34O7. The molecule has 4 unspecified atom stereocenters. The number of hydrogen-bond donors (Lipinski definition) is 1. The number of hydrogen-bond acceptors (Lipinski definition) is 7. The molecule has 0 rings (SSSR count). The quantitative estimate of drug-likeness (QED) is 0.494. The SMILES string of the molecule is CCC(C)C(=O)OCC(C)OC(C)(CC)C(=O)CCC(=O)OCC(C)O. The molecule has 0 saturated carbocycles. The van der Waals surface area contributed by atoms with E-state index in [9.17, 15) is 14.4 Å². The highest BCUT2D eigenvalue weighted by Crippen LogP contribution is 2.22. The van der Waals surface area contributed by atoms with Gasteiger partial charge in [0, 0.05) is 6.42 Å². The van der Waals surface area contributed by atoms with E-state index >= 15 is 0 Å². The first-order chi connectivity index (χ1) is 12.1. The first-order valence-electron chi connectivity index (χ1n) is 9.27. The molecule has 0 fully saturated rings. The molecule has 0 aliphatic carbocycles. The Kier molecular flexibility index (Phi) is 11.3. The van der Waals surface area contributed by atoms with E-state index in [0.717, 1.165) is 0 Å². The molecule has 1 N–H and O–H groups in total. The summed E-state index contributed by atoms with van der Waals surface area (Å²) in [5.41, 5.74) is -1.06. The molecule has 7 heteroatoms. The Balaban J connectivity index is 4.48. The zero-order chi connectivity index (χ0) is 20.3. The second-order valence-electron chi connectivity index (χ2n) is 6.91. The number of Topliss-reactive ketones (excluding diaryl/α,β-unsaturated/α-hetero) is 1. The lowest BCUT2D eigenvalue weighted by atomic mass is 9.93. The highest BCUT2D eigenvalue weighted by atomic mass is 16.6. The van der Waals surface area contributed by atoms with Crippen LogP contribution >= 0.6 is 0 Å². The second-order valence-corrected chi connectivity index (χ2v) is 6.91. The highest BCUT2D eigenvalue weighted by molar-refractivity contribution is 5.89. The van der Waals surface area contributed by atoms with E-state index in [1.807, 2.05) is 13.8 Å². The Morgan fingerprint density at radius 1 is 1.00 bits per heavy atom. The van der Waals surface area contributed by atoms with Crippen LogP contribution in [0.3, 0.4) is 0 Å². The van der Waals surface area contributed by atoms with Gasteiger partial charge < -0.3 is 19.3 Å². The number of aliphatic hydroxyl groups excluding tert-OH is 1. The molecule has 0 saturated heterocycles. The molecule has 0 bridgehead atoms. The predicted octanol–water partition coefficient (Wildman–Crippen LogP) is 2.42. The van der Waals surface area contributed by atoms with Gasteiger partial charge >= 0.3 is 11.9 Å². The molecule has 0 aliphatic rings. The van der Waals surface area contributed by atoms with E-state index < -0.39 is 23.8 Å². The number of ketones is 1. The summed E-state index contributed by atoms with van der Waals surface area (Å²) in [4.78, 5) is 35.8. The fourth-order valence-corrected chi connectivity index (χ4v) is 2.10. The van der Waals surface area contributed by atoms with Gasteiger partial charge in [-0.05, 0) is 33.6 Å². The summed E-state index contributed by atoms with van der Waals surface area (Å²) in [6, 6.07) is 0. The van der Waals surface area contributed by atoms with Crippen molar-refractivity contribution in [1.82, 2.24) is 0 Å². The van der Waals surface area contributed by atoms with Crippen LogP contribution in [0.25, 0.3) is 0 Å². The van der Waals surface area contributed by atoms with Gasteiger partial charge in [-0.3, -0.25) is 14.4 Å². The predicted molar refractivity (Wildman–Crippen MR) is 96.5 cm³/mol. The van der Waals surface area contributed by atoms with Crippen molar-refractivity contribution in [2.45, 2.75) is 85.0 Å². The highest BCUT2D eigenvalue weighted by Gasteiger charge is 2.34. The maximum Gasteiger partial charge on any atom is 0.308 e.